The molecule has 6 nitrogen and oxygen atoms in total. The fourth-order valence-electron chi connectivity index (χ4n) is 3.38. The maximum absolute atomic E-state index is 13.0. The predicted molar refractivity (Wildman–Crippen MR) is 98.6 cm³/mol. The molecule has 1 aliphatic heterocycles. The summed E-state index contributed by atoms with van der Waals surface area (Å²) in [5.41, 5.74) is 2.05. The van der Waals surface area contributed by atoms with E-state index in [0.29, 0.717) is 35.2 Å². The van der Waals surface area contributed by atoms with E-state index in [1.54, 1.807) is 24.4 Å². The first-order chi connectivity index (χ1) is 12.5. The number of aliphatic hydroxyl groups is 1. The van der Waals surface area contributed by atoms with Gasteiger partial charge in [0.05, 0.1) is 25.0 Å². The predicted octanol–water partition coefficient (Wildman–Crippen LogP) is 2.96. The topological polar surface area (TPSA) is 75.5 Å². The number of halogens is 1. The molecule has 3 rings (SSSR count). The molecule has 1 N–H and O–H groups in total. The van der Waals surface area contributed by atoms with Gasteiger partial charge in [0.25, 0.3) is 5.91 Å². The highest BCUT2D eigenvalue weighted by atomic mass is 35.5. The van der Waals surface area contributed by atoms with E-state index in [0.717, 1.165) is 24.1 Å². The normalized spacial score (nSPS) is 17.2. The molecule has 1 aromatic carbocycles. The Balaban J connectivity index is 1.85. The van der Waals surface area contributed by atoms with Crippen molar-refractivity contribution in [2.24, 2.45) is 0 Å². The van der Waals surface area contributed by atoms with Gasteiger partial charge < -0.3 is 14.7 Å². The number of aliphatic hydroxyl groups excluding tert-OH is 1. The van der Waals surface area contributed by atoms with E-state index in [2.05, 4.69) is 9.97 Å². The Bertz CT molecular complexity index is 813. The van der Waals surface area contributed by atoms with E-state index in [4.69, 9.17) is 16.3 Å². The molecule has 26 heavy (non-hydrogen) atoms. The number of hydrogen-bond donors (Lipinski definition) is 1. The van der Waals surface area contributed by atoms with Crippen LogP contribution in [0.15, 0.2) is 24.4 Å². The summed E-state index contributed by atoms with van der Waals surface area (Å²) in [4.78, 5) is 23.5. The van der Waals surface area contributed by atoms with Crippen LogP contribution in [0.2, 0.25) is 5.02 Å². The number of aromatic nitrogens is 2. The van der Waals surface area contributed by atoms with Crippen molar-refractivity contribution in [2.45, 2.75) is 32.3 Å². The number of likely N-dealkylation sites (tertiary alicyclic amines) is 1. The zero-order valence-corrected chi connectivity index (χ0v) is 15.7. The largest absolute Gasteiger partial charge is 0.496 e. The average Bonchev–Trinajstić information content (AvgIpc) is 2.67. The Kier molecular flexibility index (Phi) is 5.74. The summed E-state index contributed by atoms with van der Waals surface area (Å²) in [5, 5.41) is 10.1. The molecule has 7 heteroatoms. The second-order valence-corrected chi connectivity index (χ2v) is 6.86. The summed E-state index contributed by atoms with van der Waals surface area (Å²) in [6.07, 6.45) is 3.46. The van der Waals surface area contributed by atoms with E-state index >= 15 is 0 Å². The molecule has 0 radical (unpaired) electrons. The monoisotopic (exact) mass is 375 g/mol. The van der Waals surface area contributed by atoms with E-state index in [9.17, 15) is 9.90 Å². The van der Waals surface area contributed by atoms with Crippen molar-refractivity contribution in [3.8, 4) is 5.75 Å². The highest BCUT2D eigenvalue weighted by Gasteiger charge is 2.29. The summed E-state index contributed by atoms with van der Waals surface area (Å²) in [7, 11) is 1.53. The Morgan fingerprint density at radius 2 is 2.27 bits per heavy atom. The van der Waals surface area contributed by atoms with Crippen molar-refractivity contribution in [2.75, 3.05) is 20.2 Å². The van der Waals surface area contributed by atoms with Crippen molar-refractivity contribution in [1.82, 2.24) is 14.9 Å². The molecule has 1 aromatic heterocycles. The van der Waals surface area contributed by atoms with Gasteiger partial charge in [-0.05, 0) is 38.0 Å². The zero-order valence-electron chi connectivity index (χ0n) is 14.9. The number of piperidine rings is 1. The standard InChI is InChI=1S/C19H22ClN3O3/c1-12-21-9-14(11-24)18(22-12)13-4-3-7-23(10-13)19(25)16-6-5-15(20)8-17(16)26-2/h5-6,8-9,13,24H,3-4,7,10-11H2,1-2H3. The number of methoxy groups -OCH3 is 1. The molecule has 1 fully saturated rings. The first-order valence-electron chi connectivity index (χ1n) is 8.59. The number of hydrogen-bond acceptors (Lipinski definition) is 5. The zero-order chi connectivity index (χ0) is 18.7. The Morgan fingerprint density at radius 3 is 3.00 bits per heavy atom. The third-order valence-corrected chi connectivity index (χ3v) is 4.91. The summed E-state index contributed by atoms with van der Waals surface area (Å²) in [5.74, 6) is 1.13. The number of benzene rings is 1. The summed E-state index contributed by atoms with van der Waals surface area (Å²) in [6, 6.07) is 5.03. The smallest absolute Gasteiger partial charge is 0.257 e. The van der Waals surface area contributed by atoms with Crippen LogP contribution in [0.25, 0.3) is 0 Å². The van der Waals surface area contributed by atoms with Crippen LogP contribution in [0.5, 0.6) is 5.75 Å². The summed E-state index contributed by atoms with van der Waals surface area (Å²) in [6.45, 7) is 2.95. The Labute approximate surface area is 157 Å². The van der Waals surface area contributed by atoms with Gasteiger partial charge in [0.2, 0.25) is 0 Å². The van der Waals surface area contributed by atoms with Crippen molar-refractivity contribution >= 4 is 17.5 Å². The van der Waals surface area contributed by atoms with Gasteiger partial charge >= 0.3 is 0 Å². The van der Waals surface area contributed by atoms with Crippen LogP contribution in [0, 0.1) is 6.92 Å². The lowest BCUT2D eigenvalue weighted by Gasteiger charge is -2.33. The van der Waals surface area contributed by atoms with Gasteiger partial charge in [0.15, 0.2) is 0 Å². The maximum Gasteiger partial charge on any atom is 0.257 e. The van der Waals surface area contributed by atoms with Crippen LogP contribution >= 0.6 is 11.6 Å². The number of nitrogens with zero attached hydrogens (tertiary/aromatic N) is 3. The van der Waals surface area contributed by atoms with Gasteiger partial charge in [-0.3, -0.25) is 4.79 Å². The first-order valence-corrected chi connectivity index (χ1v) is 8.97. The van der Waals surface area contributed by atoms with E-state index in [1.165, 1.54) is 7.11 Å². The van der Waals surface area contributed by atoms with Crippen LogP contribution in [0.3, 0.4) is 0 Å². The number of rotatable bonds is 4. The molecule has 1 atom stereocenters. The van der Waals surface area contributed by atoms with Crippen molar-refractivity contribution in [3.63, 3.8) is 0 Å². The quantitative estimate of drug-likeness (QED) is 0.889. The number of amides is 1. The van der Waals surface area contributed by atoms with Crippen LogP contribution in [-0.4, -0.2) is 46.1 Å². The molecule has 2 heterocycles. The lowest BCUT2D eigenvalue weighted by molar-refractivity contribution is 0.0702. The molecule has 1 unspecified atom stereocenters. The van der Waals surface area contributed by atoms with Crippen molar-refractivity contribution < 1.29 is 14.6 Å². The minimum absolute atomic E-state index is 0.0786. The highest BCUT2D eigenvalue weighted by molar-refractivity contribution is 6.30. The molecular formula is C19H22ClN3O3. The van der Waals surface area contributed by atoms with Crippen LogP contribution in [0.4, 0.5) is 0 Å². The van der Waals surface area contributed by atoms with Gasteiger partial charge in [-0.1, -0.05) is 11.6 Å². The molecule has 2 aromatic rings. The number of carbonyl (C=O) groups excluding carboxylic acids is 1. The minimum Gasteiger partial charge on any atom is -0.496 e. The fourth-order valence-corrected chi connectivity index (χ4v) is 3.55. The van der Waals surface area contributed by atoms with E-state index in [1.807, 2.05) is 11.8 Å². The highest BCUT2D eigenvalue weighted by Crippen LogP contribution is 2.31. The SMILES string of the molecule is COc1cc(Cl)ccc1C(=O)N1CCCC(c2nc(C)ncc2CO)C1. The second-order valence-electron chi connectivity index (χ2n) is 6.42. The number of aryl methyl sites for hydroxylation is 1. The lowest BCUT2D eigenvalue weighted by atomic mass is 9.91. The molecule has 1 saturated heterocycles. The van der Waals surface area contributed by atoms with Crippen LogP contribution < -0.4 is 4.74 Å². The maximum atomic E-state index is 13.0. The Morgan fingerprint density at radius 1 is 1.46 bits per heavy atom. The molecule has 0 spiro atoms. The van der Waals surface area contributed by atoms with Gasteiger partial charge in [0, 0.05) is 35.8 Å². The number of carbonyl (C=O) groups is 1. The number of ether oxygens (including phenoxy) is 1. The fraction of sp³-hybridized carbons (Fsp3) is 0.421. The van der Waals surface area contributed by atoms with E-state index < -0.39 is 0 Å². The summed E-state index contributed by atoms with van der Waals surface area (Å²) >= 11 is 5.99. The average molecular weight is 376 g/mol. The third kappa shape index (κ3) is 3.81. The second kappa shape index (κ2) is 8.01. The third-order valence-electron chi connectivity index (χ3n) is 4.68. The van der Waals surface area contributed by atoms with Crippen LogP contribution in [0.1, 0.15) is 46.2 Å². The molecule has 138 valence electrons. The van der Waals surface area contributed by atoms with Crippen molar-refractivity contribution in [3.05, 3.63) is 52.1 Å². The first kappa shape index (κ1) is 18.6. The van der Waals surface area contributed by atoms with Crippen LogP contribution in [-0.2, 0) is 6.61 Å². The molecule has 0 bridgehead atoms. The van der Waals surface area contributed by atoms with E-state index in [-0.39, 0.29) is 18.4 Å². The molecule has 0 saturated carbocycles. The van der Waals surface area contributed by atoms with Crippen molar-refractivity contribution in [1.29, 1.82) is 0 Å². The molecule has 0 aliphatic carbocycles. The summed E-state index contributed by atoms with van der Waals surface area (Å²) < 4.78 is 5.32. The van der Waals surface area contributed by atoms with Gasteiger partial charge in [-0.2, -0.15) is 0 Å². The van der Waals surface area contributed by atoms with Gasteiger partial charge in [-0.15, -0.1) is 0 Å². The van der Waals surface area contributed by atoms with Gasteiger partial charge in [0.1, 0.15) is 11.6 Å². The molecule has 1 aliphatic rings. The molecule has 1 amide bonds. The Hall–Kier alpha value is -2.18. The molecular weight excluding hydrogens is 354 g/mol. The lowest BCUT2D eigenvalue weighted by Crippen LogP contribution is -2.39. The van der Waals surface area contributed by atoms with Gasteiger partial charge in [-0.25, -0.2) is 9.97 Å². The minimum atomic E-state index is -0.106.